The van der Waals surface area contributed by atoms with Gasteiger partial charge in [0.15, 0.2) is 5.43 Å². The van der Waals surface area contributed by atoms with Gasteiger partial charge in [-0.25, -0.2) is 0 Å². The van der Waals surface area contributed by atoms with Gasteiger partial charge in [0.05, 0.1) is 0 Å². The standard InChI is InChI=1S/C19H26N2O/c1-6-15(4)20-11-17-12-21(16(5)10-19(17)22)18-8-7-13(2)14(3)9-18/h7-10,12,15,20H,6,11H2,1-5H3. The third-order valence-electron chi connectivity index (χ3n) is 4.34. The lowest BCUT2D eigenvalue weighted by molar-refractivity contribution is 0.532. The van der Waals surface area contributed by atoms with Crippen LogP contribution in [0, 0.1) is 20.8 Å². The fourth-order valence-electron chi connectivity index (χ4n) is 2.39. The number of aryl methyl sites for hydroxylation is 3. The Morgan fingerprint density at radius 2 is 1.86 bits per heavy atom. The molecule has 0 aliphatic rings. The molecule has 0 bridgehead atoms. The van der Waals surface area contributed by atoms with Crippen molar-refractivity contribution in [3.05, 3.63) is 63.1 Å². The monoisotopic (exact) mass is 298 g/mol. The molecule has 0 aliphatic heterocycles. The van der Waals surface area contributed by atoms with Crippen molar-refractivity contribution in [1.82, 2.24) is 9.88 Å². The molecule has 3 heteroatoms. The third kappa shape index (κ3) is 3.66. The highest BCUT2D eigenvalue weighted by Gasteiger charge is 2.07. The fourth-order valence-corrected chi connectivity index (χ4v) is 2.39. The summed E-state index contributed by atoms with van der Waals surface area (Å²) in [5.41, 5.74) is 5.51. The Morgan fingerprint density at radius 1 is 1.14 bits per heavy atom. The van der Waals surface area contributed by atoms with Crippen molar-refractivity contribution < 1.29 is 0 Å². The van der Waals surface area contributed by atoms with E-state index in [0.717, 1.165) is 23.4 Å². The van der Waals surface area contributed by atoms with Gasteiger partial charge >= 0.3 is 0 Å². The molecule has 1 aromatic carbocycles. The molecule has 1 aromatic heterocycles. The predicted molar refractivity (Wildman–Crippen MR) is 92.8 cm³/mol. The summed E-state index contributed by atoms with van der Waals surface area (Å²) >= 11 is 0. The van der Waals surface area contributed by atoms with Crippen molar-refractivity contribution in [2.24, 2.45) is 0 Å². The lowest BCUT2D eigenvalue weighted by Gasteiger charge is -2.16. The molecule has 118 valence electrons. The molecule has 0 aliphatic carbocycles. The zero-order chi connectivity index (χ0) is 16.3. The quantitative estimate of drug-likeness (QED) is 0.914. The Labute approximate surface area is 133 Å². The summed E-state index contributed by atoms with van der Waals surface area (Å²) < 4.78 is 2.10. The topological polar surface area (TPSA) is 34.0 Å². The van der Waals surface area contributed by atoms with Crippen LogP contribution < -0.4 is 10.7 Å². The smallest absolute Gasteiger partial charge is 0.186 e. The summed E-state index contributed by atoms with van der Waals surface area (Å²) in [6.07, 6.45) is 3.02. The molecule has 3 nitrogen and oxygen atoms in total. The van der Waals surface area contributed by atoms with E-state index in [4.69, 9.17) is 0 Å². The van der Waals surface area contributed by atoms with Crippen molar-refractivity contribution >= 4 is 0 Å². The van der Waals surface area contributed by atoms with E-state index >= 15 is 0 Å². The molecule has 1 heterocycles. The highest BCUT2D eigenvalue weighted by atomic mass is 16.1. The van der Waals surface area contributed by atoms with E-state index in [9.17, 15) is 4.79 Å². The van der Waals surface area contributed by atoms with Gasteiger partial charge in [-0.05, 0) is 57.4 Å². The largest absolute Gasteiger partial charge is 0.321 e. The number of hydrogen-bond acceptors (Lipinski definition) is 2. The number of hydrogen-bond donors (Lipinski definition) is 1. The highest BCUT2D eigenvalue weighted by Crippen LogP contribution is 2.16. The lowest BCUT2D eigenvalue weighted by atomic mass is 10.1. The van der Waals surface area contributed by atoms with E-state index in [1.54, 1.807) is 6.07 Å². The lowest BCUT2D eigenvalue weighted by Crippen LogP contribution is -2.28. The number of pyridine rings is 1. The predicted octanol–water partition coefficient (Wildman–Crippen LogP) is 3.65. The van der Waals surface area contributed by atoms with Gasteiger partial charge in [-0.15, -0.1) is 0 Å². The number of benzene rings is 1. The minimum atomic E-state index is 0.105. The summed E-state index contributed by atoms with van der Waals surface area (Å²) in [5.74, 6) is 0. The van der Waals surface area contributed by atoms with Gasteiger partial charge in [-0.3, -0.25) is 4.79 Å². The van der Waals surface area contributed by atoms with Crippen LogP contribution in [0.1, 0.15) is 42.7 Å². The highest BCUT2D eigenvalue weighted by molar-refractivity contribution is 5.41. The zero-order valence-electron chi connectivity index (χ0n) is 14.2. The van der Waals surface area contributed by atoms with Crippen LogP contribution in [0.25, 0.3) is 5.69 Å². The van der Waals surface area contributed by atoms with Gasteiger partial charge in [0, 0.05) is 41.8 Å². The summed E-state index contributed by atoms with van der Waals surface area (Å²) in [6, 6.07) is 8.53. The maximum absolute atomic E-state index is 12.2. The summed E-state index contributed by atoms with van der Waals surface area (Å²) in [6.45, 7) is 11.1. The van der Waals surface area contributed by atoms with E-state index in [2.05, 4.69) is 55.8 Å². The Morgan fingerprint density at radius 3 is 2.50 bits per heavy atom. The maximum atomic E-state index is 12.2. The van der Waals surface area contributed by atoms with Crippen LogP contribution in [0.4, 0.5) is 0 Å². The first-order chi connectivity index (χ1) is 10.4. The molecular formula is C19H26N2O. The maximum Gasteiger partial charge on any atom is 0.186 e. The summed E-state index contributed by atoms with van der Waals surface area (Å²) in [4.78, 5) is 12.2. The third-order valence-corrected chi connectivity index (χ3v) is 4.34. The normalized spacial score (nSPS) is 12.4. The molecule has 1 N–H and O–H groups in total. The van der Waals surface area contributed by atoms with Gasteiger partial charge in [-0.2, -0.15) is 0 Å². The minimum Gasteiger partial charge on any atom is -0.321 e. The molecule has 0 saturated carbocycles. The second kappa shape index (κ2) is 6.93. The molecule has 0 amide bonds. The van der Waals surface area contributed by atoms with E-state index in [-0.39, 0.29) is 5.43 Å². The van der Waals surface area contributed by atoms with Gasteiger partial charge in [0.2, 0.25) is 0 Å². The van der Waals surface area contributed by atoms with Crippen LogP contribution in [-0.4, -0.2) is 10.6 Å². The summed E-state index contributed by atoms with van der Waals surface area (Å²) in [7, 11) is 0. The van der Waals surface area contributed by atoms with Crippen LogP contribution in [0.5, 0.6) is 0 Å². The van der Waals surface area contributed by atoms with Crippen LogP contribution >= 0.6 is 0 Å². The van der Waals surface area contributed by atoms with Crippen molar-refractivity contribution in [3.63, 3.8) is 0 Å². The van der Waals surface area contributed by atoms with Crippen LogP contribution in [-0.2, 0) is 6.54 Å². The van der Waals surface area contributed by atoms with Gasteiger partial charge in [0.1, 0.15) is 0 Å². The van der Waals surface area contributed by atoms with E-state index in [1.165, 1.54) is 11.1 Å². The second-order valence-electron chi connectivity index (χ2n) is 6.13. The van der Waals surface area contributed by atoms with Crippen molar-refractivity contribution in [2.75, 3.05) is 0 Å². The van der Waals surface area contributed by atoms with E-state index in [0.29, 0.717) is 12.6 Å². The van der Waals surface area contributed by atoms with Crippen molar-refractivity contribution in [1.29, 1.82) is 0 Å². The molecule has 2 aromatic rings. The molecule has 22 heavy (non-hydrogen) atoms. The first-order valence-electron chi connectivity index (χ1n) is 7.95. The second-order valence-corrected chi connectivity index (χ2v) is 6.13. The van der Waals surface area contributed by atoms with Crippen molar-refractivity contribution in [3.8, 4) is 5.69 Å². The molecule has 0 fully saturated rings. The fraction of sp³-hybridized carbons (Fsp3) is 0.421. The first-order valence-corrected chi connectivity index (χ1v) is 7.95. The average Bonchev–Trinajstić information content (AvgIpc) is 2.49. The Hall–Kier alpha value is -1.87. The molecule has 1 unspecified atom stereocenters. The first kappa shape index (κ1) is 16.5. The zero-order valence-corrected chi connectivity index (χ0v) is 14.2. The summed E-state index contributed by atoms with van der Waals surface area (Å²) in [5, 5.41) is 3.39. The molecular weight excluding hydrogens is 272 g/mol. The molecule has 2 rings (SSSR count). The average molecular weight is 298 g/mol. The molecule has 1 atom stereocenters. The molecule has 0 spiro atoms. The van der Waals surface area contributed by atoms with Gasteiger partial charge in [0.25, 0.3) is 0 Å². The van der Waals surface area contributed by atoms with E-state index in [1.807, 2.05) is 13.1 Å². The Bertz CT molecular complexity index is 716. The van der Waals surface area contributed by atoms with Crippen LogP contribution in [0.2, 0.25) is 0 Å². The number of aromatic nitrogens is 1. The van der Waals surface area contributed by atoms with Gasteiger partial charge in [-0.1, -0.05) is 13.0 Å². The van der Waals surface area contributed by atoms with E-state index < -0.39 is 0 Å². The van der Waals surface area contributed by atoms with Crippen LogP contribution in [0.3, 0.4) is 0 Å². The van der Waals surface area contributed by atoms with Crippen molar-refractivity contribution in [2.45, 2.75) is 53.6 Å². The molecule has 0 radical (unpaired) electrons. The van der Waals surface area contributed by atoms with Gasteiger partial charge < -0.3 is 9.88 Å². The SMILES string of the molecule is CCC(C)NCc1cn(-c2ccc(C)c(C)c2)c(C)cc1=O. The van der Waals surface area contributed by atoms with Crippen LogP contribution in [0.15, 0.2) is 35.3 Å². The number of nitrogens with zero attached hydrogens (tertiary/aromatic N) is 1. The number of nitrogens with one attached hydrogen (secondary N) is 1. The Kier molecular flexibility index (Phi) is 5.19. The number of rotatable bonds is 5. The minimum absolute atomic E-state index is 0.105. The molecule has 0 saturated heterocycles. The Balaban J connectivity index is 2.39.